The first kappa shape index (κ1) is 15.2. The molecule has 0 radical (unpaired) electrons. The van der Waals surface area contributed by atoms with E-state index in [1.165, 1.54) is 31.1 Å². The Morgan fingerprint density at radius 3 is 2.90 bits per heavy atom. The number of fused-ring (bicyclic) bond motifs is 1. The number of carbonyl (C=O) groups is 1. The highest BCUT2D eigenvalue weighted by Crippen LogP contribution is 2.33. The number of hydrogen-bond donors (Lipinski definition) is 0. The first-order chi connectivity index (χ1) is 10.0. The molecule has 0 amide bonds. The molecule has 0 fully saturated rings. The monoisotopic (exact) mass is 306 g/mol. The number of esters is 1. The van der Waals surface area contributed by atoms with E-state index in [0.717, 1.165) is 4.90 Å². The van der Waals surface area contributed by atoms with Crippen molar-refractivity contribution >= 4 is 34.3 Å². The van der Waals surface area contributed by atoms with E-state index in [9.17, 15) is 14.9 Å². The SMILES string of the molecule is COC(=O)C(C)CSc1ccc([N+](=O)[O-])c2ncccc12. The van der Waals surface area contributed by atoms with Gasteiger partial charge in [-0.1, -0.05) is 6.92 Å². The van der Waals surface area contributed by atoms with Crippen LogP contribution in [-0.2, 0) is 9.53 Å². The lowest BCUT2D eigenvalue weighted by Gasteiger charge is -2.10. The Hall–Kier alpha value is -2.15. The molecule has 0 aliphatic heterocycles. The van der Waals surface area contributed by atoms with Gasteiger partial charge in [-0.05, 0) is 18.2 Å². The van der Waals surface area contributed by atoms with Crippen LogP contribution in [-0.4, -0.2) is 28.7 Å². The van der Waals surface area contributed by atoms with Crippen molar-refractivity contribution in [3.8, 4) is 0 Å². The second-order valence-corrected chi connectivity index (χ2v) is 5.54. The number of nitro groups is 1. The van der Waals surface area contributed by atoms with Gasteiger partial charge in [0.25, 0.3) is 5.69 Å². The van der Waals surface area contributed by atoms with Crippen LogP contribution in [0.1, 0.15) is 6.92 Å². The molecule has 1 atom stereocenters. The fourth-order valence-corrected chi connectivity index (χ4v) is 2.94. The van der Waals surface area contributed by atoms with Gasteiger partial charge in [-0.3, -0.25) is 14.9 Å². The van der Waals surface area contributed by atoms with E-state index < -0.39 is 4.92 Å². The van der Waals surface area contributed by atoms with E-state index >= 15 is 0 Å². The smallest absolute Gasteiger partial charge is 0.309 e. The van der Waals surface area contributed by atoms with Crippen molar-refractivity contribution in [1.29, 1.82) is 0 Å². The molecule has 1 aromatic carbocycles. The molecule has 110 valence electrons. The Labute approximate surface area is 125 Å². The summed E-state index contributed by atoms with van der Waals surface area (Å²) < 4.78 is 4.68. The minimum Gasteiger partial charge on any atom is -0.469 e. The molecule has 6 nitrogen and oxygen atoms in total. The second-order valence-electron chi connectivity index (χ2n) is 4.47. The molecule has 1 heterocycles. The number of nitro benzene ring substituents is 1. The highest BCUT2D eigenvalue weighted by Gasteiger charge is 2.18. The van der Waals surface area contributed by atoms with Gasteiger partial charge in [-0.25, -0.2) is 4.98 Å². The molecule has 0 aliphatic rings. The molecule has 2 aromatic rings. The zero-order valence-corrected chi connectivity index (χ0v) is 12.4. The van der Waals surface area contributed by atoms with Crippen LogP contribution in [0.3, 0.4) is 0 Å². The number of pyridine rings is 1. The maximum absolute atomic E-state index is 11.4. The van der Waals surface area contributed by atoms with Gasteiger partial charge < -0.3 is 4.74 Å². The Morgan fingerprint density at radius 2 is 2.24 bits per heavy atom. The van der Waals surface area contributed by atoms with Gasteiger partial charge in [-0.15, -0.1) is 11.8 Å². The van der Waals surface area contributed by atoms with E-state index in [0.29, 0.717) is 16.7 Å². The third kappa shape index (κ3) is 3.30. The molecule has 0 saturated carbocycles. The van der Waals surface area contributed by atoms with E-state index in [4.69, 9.17) is 0 Å². The van der Waals surface area contributed by atoms with Crippen molar-refractivity contribution < 1.29 is 14.5 Å². The summed E-state index contributed by atoms with van der Waals surface area (Å²) in [5.41, 5.74) is 0.342. The Bertz CT molecular complexity index is 690. The Balaban J connectivity index is 2.31. The highest BCUT2D eigenvalue weighted by atomic mass is 32.2. The number of rotatable bonds is 5. The normalized spacial score (nSPS) is 12.1. The number of aromatic nitrogens is 1. The summed E-state index contributed by atoms with van der Waals surface area (Å²) in [6, 6.07) is 6.66. The summed E-state index contributed by atoms with van der Waals surface area (Å²) in [6.07, 6.45) is 1.53. The molecule has 2 rings (SSSR count). The summed E-state index contributed by atoms with van der Waals surface area (Å²) >= 11 is 1.46. The van der Waals surface area contributed by atoms with E-state index in [1.807, 2.05) is 0 Å². The van der Waals surface area contributed by atoms with Gasteiger partial charge >= 0.3 is 5.97 Å². The second kappa shape index (κ2) is 6.53. The number of thioether (sulfide) groups is 1. The highest BCUT2D eigenvalue weighted by molar-refractivity contribution is 7.99. The van der Waals surface area contributed by atoms with Crippen LogP contribution in [0.4, 0.5) is 5.69 Å². The zero-order valence-electron chi connectivity index (χ0n) is 11.6. The van der Waals surface area contributed by atoms with Crippen molar-refractivity contribution in [2.45, 2.75) is 11.8 Å². The molecule has 0 N–H and O–H groups in total. The molecule has 0 spiro atoms. The molecule has 1 unspecified atom stereocenters. The van der Waals surface area contributed by atoms with Crippen molar-refractivity contribution in [3.05, 3.63) is 40.6 Å². The third-order valence-electron chi connectivity index (χ3n) is 3.00. The van der Waals surface area contributed by atoms with Gasteiger partial charge in [-0.2, -0.15) is 0 Å². The predicted molar refractivity (Wildman–Crippen MR) is 80.3 cm³/mol. The number of ether oxygens (including phenoxy) is 1. The fourth-order valence-electron chi connectivity index (χ4n) is 1.89. The largest absolute Gasteiger partial charge is 0.469 e. The fraction of sp³-hybridized carbons (Fsp3) is 0.286. The molecule has 0 bridgehead atoms. The lowest BCUT2D eigenvalue weighted by Crippen LogP contribution is -2.14. The molecule has 21 heavy (non-hydrogen) atoms. The Kier molecular flexibility index (Phi) is 4.74. The molecular weight excluding hydrogens is 292 g/mol. The van der Waals surface area contributed by atoms with Crippen LogP contribution in [0.2, 0.25) is 0 Å². The van der Waals surface area contributed by atoms with Gasteiger partial charge in [0.2, 0.25) is 0 Å². The van der Waals surface area contributed by atoms with Crippen molar-refractivity contribution in [2.75, 3.05) is 12.9 Å². The molecule has 1 aromatic heterocycles. The average Bonchev–Trinajstić information content (AvgIpc) is 2.51. The van der Waals surface area contributed by atoms with Crippen LogP contribution in [0.15, 0.2) is 35.4 Å². The summed E-state index contributed by atoms with van der Waals surface area (Å²) in [4.78, 5) is 26.9. The number of hydrogen-bond acceptors (Lipinski definition) is 6. The average molecular weight is 306 g/mol. The van der Waals surface area contributed by atoms with Gasteiger partial charge in [0.05, 0.1) is 18.0 Å². The maximum Gasteiger partial charge on any atom is 0.309 e. The number of carbonyl (C=O) groups excluding carboxylic acids is 1. The lowest BCUT2D eigenvalue weighted by atomic mass is 10.2. The van der Waals surface area contributed by atoms with Crippen LogP contribution in [0.25, 0.3) is 10.9 Å². The number of nitrogens with zero attached hydrogens (tertiary/aromatic N) is 2. The van der Waals surface area contributed by atoms with Gasteiger partial charge in [0, 0.05) is 28.3 Å². The van der Waals surface area contributed by atoms with Crippen LogP contribution >= 0.6 is 11.8 Å². The summed E-state index contributed by atoms with van der Waals surface area (Å²) in [5.74, 6) is 0.0165. The van der Waals surface area contributed by atoms with Crippen LogP contribution < -0.4 is 0 Å². The lowest BCUT2D eigenvalue weighted by molar-refractivity contribution is -0.383. The van der Waals surface area contributed by atoms with Crippen molar-refractivity contribution in [3.63, 3.8) is 0 Å². The van der Waals surface area contributed by atoms with Gasteiger partial charge in [0.15, 0.2) is 0 Å². The standard InChI is InChI=1S/C14H14N2O4S/c1-9(14(17)20-2)8-21-12-6-5-11(16(18)19)13-10(12)4-3-7-15-13/h3-7,9H,8H2,1-2H3. The summed E-state index contributed by atoms with van der Waals surface area (Å²) in [7, 11) is 1.36. The third-order valence-corrected chi connectivity index (χ3v) is 4.33. The predicted octanol–water partition coefficient (Wildman–Crippen LogP) is 3.04. The number of benzene rings is 1. The maximum atomic E-state index is 11.4. The number of non-ortho nitro benzene ring substituents is 1. The quantitative estimate of drug-likeness (QED) is 0.365. The van der Waals surface area contributed by atoms with Crippen molar-refractivity contribution in [1.82, 2.24) is 4.98 Å². The van der Waals surface area contributed by atoms with E-state index in [1.54, 1.807) is 25.1 Å². The minimum atomic E-state index is -0.444. The molecule has 7 heteroatoms. The topological polar surface area (TPSA) is 82.3 Å². The van der Waals surface area contributed by atoms with Crippen molar-refractivity contribution in [2.24, 2.45) is 5.92 Å². The molecular formula is C14H14N2O4S. The van der Waals surface area contributed by atoms with E-state index in [2.05, 4.69) is 9.72 Å². The summed E-state index contributed by atoms with van der Waals surface area (Å²) in [6.45, 7) is 1.78. The Morgan fingerprint density at radius 1 is 1.48 bits per heavy atom. The number of methoxy groups -OCH3 is 1. The van der Waals surface area contributed by atoms with Crippen LogP contribution in [0.5, 0.6) is 0 Å². The van der Waals surface area contributed by atoms with E-state index in [-0.39, 0.29) is 17.6 Å². The minimum absolute atomic E-state index is 0.0176. The van der Waals surface area contributed by atoms with Crippen LogP contribution in [0, 0.1) is 16.0 Å². The molecule has 0 aliphatic carbocycles. The zero-order chi connectivity index (χ0) is 15.4. The first-order valence-corrected chi connectivity index (χ1v) is 7.26. The molecule has 0 saturated heterocycles. The van der Waals surface area contributed by atoms with Gasteiger partial charge in [0.1, 0.15) is 5.52 Å². The summed E-state index contributed by atoms with van der Waals surface area (Å²) in [5, 5.41) is 11.7. The first-order valence-electron chi connectivity index (χ1n) is 6.27.